The van der Waals surface area contributed by atoms with Crippen LogP contribution < -0.4 is 5.32 Å². The highest BCUT2D eigenvalue weighted by atomic mass is 32.1. The Morgan fingerprint density at radius 1 is 1.00 bits per heavy atom. The number of hydrogen-bond acceptors (Lipinski definition) is 5. The molecule has 208 valence electrons. The summed E-state index contributed by atoms with van der Waals surface area (Å²) in [4.78, 5) is 22.3. The second-order valence-electron chi connectivity index (χ2n) is 10.3. The molecule has 40 heavy (non-hydrogen) atoms. The van der Waals surface area contributed by atoms with Gasteiger partial charge in [0, 0.05) is 61.3 Å². The van der Waals surface area contributed by atoms with E-state index in [1.165, 1.54) is 23.0 Å². The summed E-state index contributed by atoms with van der Waals surface area (Å²) >= 11 is 1.41. The van der Waals surface area contributed by atoms with Gasteiger partial charge in [-0.15, -0.1) is 11.3 Å². The largest absolute Gasteiger partial charge is 0.416 e. The van der Waals surface area contributed by atoms with E-state index in [9.17, 15) is 18.0 Å². The zero-order valence-corrected chi connectivity index (χ0v) is 23.3. The molecule has 1 aliphatic heterocycles. The van der Waals surface area contributed by atoms with Crippen LogP contribution in [0, 0.1) is 6.92 Å². The van der Waals surface area contributed by atoms with Gasteiger partial charge in [-0.05, 0) is 67.1 Å². The Bertz CT molecular complexity index is 1470. The van der Waals surface area contributed by atoms with Crippen LogP contribution in [-0.4, -0.2) is 53.9 Å². The Hall–Kier alpha value is -3.53. The molecule has 5 rings (SSSR count). The molecule has 4 aromatic rings. The molecule has 1 aromatic heterocycles. The third-order valence-electron chi connectivity index (χ3n) is 7.20. The molecule has 1 N–H and O–H groups in total. The summed E-state index contributed by atoms with van der Waals surface area (Å²) in [6.07, 6.45) is -3.89. The first kappa shape index (κ1) is 28.0. The Kier molecular flexibility index (Phi) is 8.35. The number of amides is 1. The lowest BCUT2D eigenvalue weighted by atomic mass is 10.0. The number of nitrogens with one attached hydrogen (secondary N) is 1. The molecule has 3 aromatic carbocycles. The molecule has 1 fully saturated rings. The zero-order chi connectivity index (χ0) is 28.3. The van der Waals surface area contributed by atoms with Crippen molar-refractivity contribution in [1.82, 2.24) is 14.8 Å². The maximum absolute atomic E-state index is 13.1. The monoisotopic (exact) mass is 564 g/mol. The number of carbonyl (C=O) groups is 1. The van der Waals surface area contributed by atoms with Gasteiger partial charge < -0.3 is 10.2 Å². The molecular formula is C31H31F3N4OS. The third kappa shape index (κ3) is 6.96. The Labute approximate surface area is 236 Å². The minimum atomic E-state index is -4.40. The number of thiazole rings is 1. The van der Waals surface area contributed by atoms with Crippen molar-refractivity contribution in [3.05, 3.63) is 105 Å². The summed E-state index contributed by atoms with van der Waals surface area (Å²) in [5.41, 5.74) is 4.76. The molecule has 0 saturated carbocycles. The van der Waals surface area contributed by atoms with Crippen molar-refractivity contribution in [1.29, 1.82) is 0 Å². The second kappa shape index (κ2) is 11.9. The molecular weight excluding hydrogens is 533 g/mol. The van der Waals surface area contributed by atoms with Crippen molar-refractivity contribution in [3.8, 4) is 11.3 Å². The molecule has 0 unspecified atom stereocenters. The summed E-state index contributed by atoms with van der Waals surface area (Å²) in [6, 6.07) is 18.7. The van der Waals surface area contributed by atoms with Gasteiger partial charge in [-0.25, -0.2) is 4.98 Å². The lowest BCUT2D eigenvalue weighted by molar-refractivity contribution is -0.137. The van der Waals surface area contributed by atoms with Crippen LogP contribution in [0.3, 0.4) is 0 Å². The number of aromatic nitrogens is 1. The van der Waals surface area contributed by atoms with Crippen LogP contribution in [0.4, 0.5) is 18.9 Å². The van der Waals surface area contributed by atoms with E-state index in [2.05, 4.69) is 27.1 Å². The van der Waals surface area contributed by atoms with Gasteiger partial charge in [0.25, 0.3) is 5.91 Å². The van der Waals surface area contributed by atoms with Gasteiger partial charge in [0.1, 0.15) is 0 Å². The van der Waals surface area contributed by atoms with Crippen molar-refractivity contribution in [2.45, 2.75) is 26.1 Å². The smallest absolute Gasteiger partial charge is 0.322 e. The van der Waals surface area contributed by atoms with Crippen molar-refractivity contribution < 1.29 is 18.0 Å². The highest BCUT2D eigenvalue weighted by molar-refractivity contribution is 7.10. The predicted molar refractivity (Wildman–Crippen MR) is 154 cm³/mol. The Balaban J connectivity index is 1.23. The van der Waals surface area contributed by atoms with E-state index in [1.54, 1.807) is 11.4 Å². The van der Waals surface area contributed by atoms with Crippen molar-refractivity contribution in [2.24, 2.45) is 0 Å². The van der Waals surface area contributed by atoms with Gasteiger partial charge in [0.15, 0.2) is 0 Å². The molecule has 0 spiro atoms. The van der Waals surface area contributed by atoms with Gasteiger partial charge in [-0.1, -0.05) is 30.3 Å². The summed E-state index contributed by atoms with van der Waals surface area (Å²) in [6.45, 7) is 7.09. The fourth-order valence-electron chi connectivity index (χ4n) is 4.71. The normalized spacial score (nSPS) is 14.8. The number of piperazine rings is 1. The number of nitrogens with zero attached hydrogens (tertiary/aromatic N) is 3. The van der Waals surface area contributed by atoms with Crippen LogP contribution in [0.5, 0.6) is 0 Å². The maximum atomic E-state index is 13.1. The lowest BCUT2D eigenvalue weighted by Crippen LogP contribution is -2.43. The van der Waals surface area contributed by atoms with Crippen LogP contribution >= 0.6 is 11.3 Å². The van der Waals surface area contributed by atoms with Gasteiger partial charge in [-0.2, -0.15) is 13.2 Å². The number of benzene rings is 3. The number of halogens is 3. The molecule has 0 radical (unpaired) electrons. The number of anilines is 1. The van der Waals surface area contributed by atoms with Crippen molar-refractivity contribution in [3.63, 3.8) is 0 Å². The first-order valence-electron chi connectivity index (χ1n) is 13.2. The number of alkyl halides is 3. The first-order chi connectivity index (χ1) is 19.1. The first-order valence-corrected chi connectivity index (χ1v) is 14.0. The van der Waals surface area contributed by atoms with E-state index in [1.807, 2.05) is 49.4 Å². The molecule has 5 nitrogen and oxygen atoms in total. The minimum Gasteiger partial charge on any atom is -0.322 e. The van der Waals surface area contributed by atoms with E-state index >= 15 is 0 Å². The maximum Gasteiger partial charge on any atom is 0.416 e. The molecule has 9 heteroatoms. The summed E-state index contributed by atoms with van der Waals surface area (Å²) in [5.74, 6) is -0.179. The quantitative estimate of drug-likeness (QED) is 0.271. The van der Waals surface area contributed by atoms with Crippen LogP contribution in [0.25, 0.3) is 11.3 Å². The summed E-state index contributed by atoms with van der Waals surface area (Å²) in [5, 5.41) is 5.55. The number of rotatable bonds is 7. The molecule has 2 heterocycles. The van der Waals surface area contributed by atoms with Crippen LogP contribution in [0.15, 0.2) is 72.1 Å². The van der Waals surface area contributed by atoms with Gasteiger partial charge in [0.05, 0.1) is 16.3 Å². The number of likely N-dealkylation sites (N-methyl/N-ethyl adjacent to an activating group) is 1. The van der Waals surface area contributed by atoms with Crippen LogP contribution in [0.1, 0.15) is 37.6 Å². The standard InChI is InChI=1S/C31H31F3N4OS/c1-21-6-11-27(35-30(39)23-9-7-22(8-10-23)19-38-14-12-37(2)13-15-38)17-25(21)18-29-36-28(20-40-29)24-4-3-5-26(16-24)31(32,33)34/h3-11,16-17,20H,12-15,18-19H2,1-2H3,(H,35,39). The number of aryl methyl sites for hydroxylation is 1. The average Bonchev–Trinajstić information content (AvgIpc) is 3.40. The Morgan fingerprint density at radius 2 is 1.75 bits per heavy atom. The minimum absolute atomic E-state index is 0.179. The second-order valence-corrected chi connectivity index (χ2v) is 11.2. The SMILES string of the molecule is Cc1ccc(NC(=O)c2ccc(CN3CCN(C)CC3)cc2)cc1Cc1nc(-c2cccc(C(F)(F)F)c2)cs1. The molecule has 1 saturated heterocycles. The fraction of sp³-hybridized carbons (Fsp3) is 0.290. The van der Waals surface area contributed by atoms with Crippen molar-refractivity contribution >= 4 is 22.9 Å². The van der Waals surface area contributed by atoms with Crippen LogP contribution in [0.2, 0.25) is 0 Å². The molecule has 0 atom stereocenters. The topological polar surface area (TPSA) is 48.5 Å². The Morgan fingerprint density at radius 3 is 2.48 bits per heavy atom. The zero-order valence-electron chi connectivity index (χ0n) is 22.5. The average molecular weight is 565 g/mol. The highest BCUT2D eigenvalue weighted by Gasteiger charge is 2.30. The lowest BCUT2D eigenvalue weighted by Gasteiger charge is -2.32. The van der Waals surface area contributed by atoms with E-state index in [0.29, 0.717) is 28.9 Å². The molecule has 1 amide bonds. The van der Waals surface area contributed by atoms with E-state index in [0.717, 1.165) is 61.0 Å². The molecule has 0 aliphatic carbocycles. The van der Waals surface area contributed by atoms with E-state index in [4.69, 9.17) is 0 Å². The number of carbonyl (C=O) groups excluding carboxylic acids is 1. The summed E-state index contributed by atoms with van der Waals surface area (Å²) < 4.78 is 39.4. The molecule has 1 aliphatic rings. The third-order valence-corrected chi connectivity index (χ3v) is 8.05. The fourth-order valence-corrected chi connectivity index (χ4v) is 5.54. The van der Waals surface area contributed by atoms with E-state index < -0.39 is 11.7 Å². The number of hydrogen-bond donors (Lipinski definition) is 1. The van der Waals surface area contributed by atoms with Crippen LogP contribution in [-0.2, 0) is 19.1 Å². The highest BCUT2D eigenvalue weighted by Crippen LogP contribution is 2.33. The van der Waals surface area contributed by atoms with Gasteiger partial charge in [0.2, 0.25) is 0 Å². The predicted octanol–water partition coefficient (Wildman–Crippen LogP) is 6.73. The summed E-state index contributed by atoms with van der Waals surface area (Å²) in [7, 11) is 2.14. The van der Waals surface area contributed by atoms with E-state index in [-0.39, 0.29) is 5.91 Å². The molecule has 0 bridgehead atoms. The van der Waals surface area contributed by atoms with Crippen molar-refractivity contribution in [2.75, 3.05) is 38.5 Å². The van der Waals surface area contributed by atoms with Gasteiger partial charge >= 0.3 is 6.18 Å². The van der Waals surface area contributed by atoms with Gasteiger partial charge in [-0.3, -0.25) is 9.69 Å².